The highest BCUT2D eigenvalue weighted by Crippen LogP contribution is 2.25. The van der Waals surface area contributed by atoms with E-state index < -0.39 is 5.97 Å². The average molecular weight is 478 g/mol. The Morgan fingerprint density at radius 2 is 1.83 bits per heavy atom. The van der Waals surface area contributed by atoms with Crippen LogP contribution in [0, 0.1) is 13.8 Å². The first-order chi connectivity index (χ1) is 14.3. The maximum atomic E-state index is 13.2. The zero-order chi connectivity index (χ0) is 22.4. The number of rotatable bonds is 8. The van der Waals surface area contributed by atoms with E-state index in [1.807, 2.05) is 39.0 Å². The van der Waals surface area contributed by atoms with Crippen molar-refractivity contribution in [3.63, 3.8) is 0 Å². The maximum absolute atomic E-state index is 13.2. The Hall–Kier alpha value is -2.61. The summed E-state index contributed by atoms with van der Waals surface area (Å²) in [6.07, 6.45) is 0.706. The van der Waals surface area contributed by atoms with Gasteiger partial charge in [-0.3, -0.25) is 4.79 Å². The van der Waals surface area contributed by atoms with Gasteiger partial charge in [0.25, 0.3) is 0 Å². The van der Waals surface area contributed by atoms with Gasteiger partial charge in [-0.15, -0.1) is 0 Å². The molecule has 0 aliphatic rings. The highest BCUT2D eigenvalue weighted by atomic mass is 79.9. The quantitative estimate of drug-likeness (QED) is 0.437. The number of esters is 1. The normalized spacial score (nSPS) is 10.6. The molecule has 0 spiro atoms. The molecule has 0 aliphatic carbocycles. The number of hydrogen-bond acceptors (Lipinski definition) is 4. The summed E-state index contributed by atoms with van der Waals surface area (Å²) in [6, 6.07) is 6.95. The van der Waals surface area contributed by atoms with E-state index in [1.165, 1.54) is 12.0 Å². The summed E-state index contributed by atoms with van der Waals surface area (Å²) < 4.78 is 7.43. The number of para-hydroxylation sites is 1. The lowest BCUT2D eigenvalue weighted by Gasteiger charge is -2.22. The molecule has 0 atom stereocenters. The highest BCUT2D eigenvalue weighted by Gasteiger charge is 2.28. The molecule has 162 valence electrons. The number of Topliss-reactive ketones (excluding diaryl/α,β-unsaturated/α-hetero) is 1. The lowest BCUT2D eigenvalue weighted by molar-refractivity contribution is 0.0587. The summed E-state index contributed by atoms with van der Waals surface area (Å²) >= 11 is 3.41. The van der Waals surface area contributed by atoms with Crippen LogP contribution in [-0.4, -0.2) is 47.4 Å². The van der Waals surface area contributed by atoms with Gasteiger partial charge in [-0.25, -0.2) is 9.59 Å². The van der Waals surface area contributed by atoms with Gasteiger partial charge < -0.3 is 19.5 Å². The summed E-state index contributed by atoms with van der Waals surface area (Å²) in [6.45, 7) is 8.28. The number of aromatic nitrogens is 1. The van der Waals surface area contributed by atoms with Gasteiger partial charge in [0.05, 0.1) is 19.3 Å². The van der Waals surface area contributed by atoms with Gasteiger partial charge in [-0.1, -0.05) is 19.1 Å². The number of halogens is 1. The smallest absolute Gasteiger partial charge is 0.354 e. The number of anilines is 1. The number of ketones is 1. The van der Waals surface area contributed by atoms with Crippen LogP contribution in [0.15, 0.2) is 28.7 Å². The van der Waals surface area contributed by atoms with Gasteiger partial charge in [0.15, 0.2) is 5.78 Å². The monoisotopic (exact) mass is 477 g/mol. The minimum atomic E-state index is -0.478. The predicted molar refractivity (Wildman–Crippen MR) is 120 cm³/mol. The zero-order valence-electron chi connectivity index (χ0n) is 18.0. The molecular weight excluding hydrogens is 450 g/mol. The number of amides is 2. The van der Waals surface area contributed by atoms with Crippen molar-refractivity contribution in [2.24, 2.45) is 0 Å². The maximum Gasteiger partial charge on any atom is 0.354 e. The molecule has 30 heavy (non-hydrogen) atoms. The zero-order valence-corrected chi connectivity index (χ0v) is 19.6. The van der Waals surface area contributed by atoms with Crippen LogP contribution in [0.3, 0.4) is 0 Å². The minimum Gasteiger partial charge on any atom is -0.464 e. The van der Waals surface area contributed by atoms with E-state index in [0.717, 1.165) is 4.47 Å². The van der Waals surface area contributed by atoms with Gasteiger partial charge in [0.2, 0.25) is 0 Å². The van der Waals surface area contributed by atoms with Crippen LogP contribution in [0.4, 0.5) is 10.5 Å². The second kappa shape index (κ2) is 10.4. The largest absolute Gasteiger partial charge is 0.464 e. The van der Waals surface area contributed by atoms with Crippen molar-refractivity contribution >= 4 is 39.4 Å². The topological polar surface area (TPSA) is 80.6 Å². The molecule has 1 aromatic heterocycles. The van der Waals surface area contributed by atoms with Crippen molar-refractivity contribution in [2.75, 3.05) is 25.5 Å². The van der Waals surface area contributed by atoms with Crippen LogP contribution >= 0.6 is 15.9 Å². The Balaban J connectivity index is 2.31. The fraction of sp³-hybridized carbons (Fsp3) is 0.409. The second-order valence-corrected chi connectivity index (χ2v) is 7.78. The number of carbonyl (C=O) groups is 3. The molecule has 2 amide bonds. The molecule has 1 N–H and O–H groups in total. The van der Waals surface area contributed by atoms with Crippen LogP contribution < -0.4 is 5.32 Å². The first-order valence-electron chi connectivity index (χ1n) is 9.88. The SMILES string of the molecule is CCCN(CC(=O)c1c(C)c(C(=O)OC)n(CC)c1C)C(=O)Nc1ccccc1Br. The summed E-state index contributed by atoms with van der Waals surface area (Å²) in [5, 5.41) is 2.84. The summed E-state index contributed by atoms with van der Waals surface area (Å²) in [7, 11) is 1.32. The molecule has 0 fully saturated rings. The molecule has 0 bridgehead atoms. The Bertz CT molecular complexity index is 952. The van der Waals surface area contributed by atoms with Crippen LogP contribution in [0.5, 0.6) is 0 Å². The fourth-order valence-corrected chi connectivity index (χ4v) is 3.98. The van der Waals surface area contributed by atoms with E-state index in [1.54, 1.807) is 17.6 Å². The molecule has 1 heterocycles. The third-order valence-corrected chi connectivity index (χ3v) is 5.66. The molecule has 8 heteroatoms. The molecule has 0 saturated heterocycles. The molecule has 7 nitrogen and oxygen atoms in total. The average Bonchev–Trinajstić information content (AvgIpc) is 2.98. The number of urea groups is 1. The highest BCUT2D eigenvalue weighted by molar-refractivity contribution is 9.10. The van der Waals surface area contributed by atoms with Crippen molar-refractivity contribution in [1.82, 2.24) is 9.47 Å². The van der Waals surface area contributed by atoms with Crippen molar-refractivity contribution in [1.29, 1.82) is 0 Å². The molecular formula is C22H28BrN3O4. The summed E-state index contributed by atoms with van der Waals surface area (Å²) in [5.41, 5.74) is 2.75. The Kier molecular flexibility index (Phi) is 8.23. The van der Waals surface area contributed by atoms with E-state index in [9.17, 15) is 14.4 Å². The molecule has 0 unspecified atom stereocenters. The first kappa shape index (κ1) is 23.7. The van der Waals surface area contributed by atoms with E-state index >= 15 is 0 Å². The lowest BCUT2D eigenvalue weighted by atomic mass is 10.1. The number of nitrogens with zero attached hydrogens (tertiary/aromatic N) is 2. The number of hydrogen-bond donors (Lipinski definition) is 1. The Labute approximate surface area is 185 Å². The molecule has 2 aromatic rings. The number of methoxy groups -OCH3 is 1. The third-order valence-electron chi connectivity index (χ3n) is 4.97. The van der Waals surface area contributed by atoms with Crippen LogP contribution in [0.2, 0.25) is 0 Å². The van der Waals surface area contributed by atoms with Crippen molar-refractivity contribution in [2.45, 2.75) is 40.7 Å². The molecule has 0 aliphatic heterocycles. The third kappa shape index (κ3) is 4.92. The Morgan fingerprint density at radius 3 is 2.40 bits per heavy atom. The number of nitrogens with one attached hydrogen (secondary N) is 1. The van der Waals surface area contributed by atoms with Gasteiger partial charge >= 0.3 is 12.0 Å². The predicted octanol–water partition coefficient (Wildman–Crippen LogP) is 4.80. The van der Waals surface area contributed by atoms with Crippen molar-refractivity contribution < 1.29 is 19.1 Å². The molecule has 0 radical (unpaired) electrons. The molecule has 0 saturated carbocycles. The van der Waals surface area contributed by atoms with Gasteiger partial charge in [-0.05, 0) is 60.8 Å². The Morgan fingerprint density at radius 1 is 1.17 bits per heavy atom. The van der Waals surface area contributed by atoms with Gasteiger partial charge in [0.1, 0.15) is 5.69 Å². The minimum absolute atomic E-state index is 0.0832. The molecule has 2 rings (SSSR count). The second-order valence-electron chi connectivity index (χ2n) is 6.92. The number of benzene rings is 1. The van der Waals surface area contributed by atoms with Crippen LogP contribution in [-0.2, 0) is 11.3 Å². The summed E-state index contributed by atoms with van der Waals surface area (Å²) in [5.74, 6) is -0.688. The lowest BCUT2D eigenvalue weighted by Crippen LogP contribution is -2.39. The first-order valence-corrected chi connectivity index (χ1v) is 10.7. The summed E-state index contributed by atoms with van der Waals surface area (Å²) in [4.78, 5) is 39.8. The number of carbonyl (C=O) groups excluding carboxylic acids is 3. The van der Waals surface area contributed by atoms with Gasteiger partial charge in [-0.2, -0.15) is 0 Å². The number of ether oxygens (including phenoxy) is 1. The standard InChI is InChI=1S/C22H28BrN3O4/c1-6-12-25(22(29)24-17-11-9-8-10-16(17)23)13-18(27)19-14(3)20(21(28)30-5)26(7-2)15(19)4/h8-11H,6-7,12-13H2,1-5H3,(H,24,29). The van der Waals surface area contributed by atoms with Crippen LogP contribution in [0.25, 0.3) is 0 Å². The van der Waals surface area contributed by atoms with Crippen molar-refractivity contribution in [3.05, 3.63) is 51.3 Å². The van der Waals surface area contributed by atoms with E-state index in [-0.39, 0.29) is 18.4 Å². The van der Waals surface area contributed by atoms with E-state index in [0.29, 0.717) is 47.7 Å². The molecule has 1 aromatic carbocycles. The van der Waals surface area contributed by atoms with E-state index in [2.05, 4.69) is 21.2 Å². The van der Waals surface area contributed by atoms with Gasteiger partial charge in [0, 0.05) is 28.8 Å². The van der Waals surface area contributed by atoms with Crippen molar-refractivity contribution in [3.8, 4) is 0 Å². The van der Waals surface area contributed by atoms with Crippen LogP contribution in [0.1, 0.15) is 52.4 Å². The van der Waals surface area contributed by atoms with E-state index in [4.69, 9.17) is 4.74 Å². The fourth-order valence-electron chi connectivity index (χ4n) is 3.59.